The zero-order valence-corrected chi connectivity index (χ0v) is 17.2. The van der Waals surface area contributed by atoms with E-state index in [0.29, 0.717) is 5.92 Å². The Hall–Kier alpha value is -2.45. The van der Waals surface area contributed by atoms with E-state index in [0.717, 1.165) is 40.0 Å². The number of benzene rings is 1. The zero-order valence-electron chi connectivity index (χ0n) is 16.4. The van der Waals surface area contributed by atoms with Gasteiger partial charge in [0.1, 0.15) is 22.6 Å². The third-order valence-electron chi connectivity index (χ3n) is 4.14. The molecule has 3 aromatic rings. The summed E-state index contributed by atoms with van der Waals surface area (Å²) >= 11 is 0. The minimum Gasteiger partial charge on any atom is -0.370 e. The van der Waals surface area contributed by atoms with Gasteiger partial charge in [-0.2, -0.15) is 9.61 Å². The lowest BCUT2D eigenvalue weighted by atomic mass is 10.1. The Morgan fingerprint density at radius 3 is 2.52 bits per heavy atom. The fourth-order valence-electron chi connectivity index (χ4n) is 2.76. The second-order valence-corrected chi connectivity index (χ2v) is 8.46. The number of aromatic nitrogens is 3. The lowest BCUT2D eigenvalue weighted by Gasteiger charge is -2.13. The van der Waals surface area contributed by atoms with Gasteiger partial charge in [0.15, 0.2) is 5.65 Å². The van der Waals surface area contributed by atoms with Crippen LogP contribution in [0.3, 0.4) is 0 Å². The first-order valence-electron chi connectivity index (χ1n) is 8.99. The van der Waals surface area contributed by atoms with Gasteiger partial charge in [0.25, 0.3) is 0 Å². The average molecular weight is 387 g/mol. The fraction of sp³-hybridized carbons (Fsp3) is 0.368. The number of hydrogen-bond donors (Lipinski definition) is 2. The molecule has 0 radical (unpaired) electrons. The molecule has 0 bridgehead atoms. The molecular weight excluding hydrogens is 360 g/mol. The fourth-order valence-corrected chi connectivity index (χ4v) is 3.55. The van der Waals surface area contributed by atoms with Gasteiger partial charge in [0.05, 0.1) is 11.1 Å². The van der Waals surface area contributed by atoms with Crippen molar-refractivity contribution >= 4 is 34.0 Å². The molecule has 27 heavy (non-hydrogen) atoms. The minimum absolute atomic E-state index is 0.333. The Balaban J connectivity index is 1.97. The van der Waals surface area contributed by atoms with E-state index in [1.807, 2.05) is 48.0 Å². The highest BCUT2D eigenvalue weighted by molar-refractivity contribution is 7.82. The van der Waals surface area contributed by atoms with Crippen molar-refractivity contribution in [3.8, 4) is 0 Å². The van der Waals surface area contributed by atoms with E-state index in [1.54, 1.807) is 18.4 Å². The molecule has 0 aliphatic rings. The second-order valence-electron chi connectivity index (χ2n) is 6.76. The number of hydrogen-bond acceptors (Lipinski definition) is 5. The van der Waals surface area contributed by atoms with Crippen molar-refractivity contribution in [2.24, 2.45) is 0 Å². The smallest absolute Gasteiger partial charge is 0.163 e. The summed E-state index contributed by atoms with van der Waals surface area (Å²) in [7, 11) is 2.44. The highest BCUT2D eigenvalue weighted by atomic mass is 32.2. The molecule has 8 heteroatoms. The Bertz CT molecular complexity index is 949. The monoisotopic (exact) mass is 386 g/mol. The van der Waals surface area contributed by atoms with Crippen LogP contribution in [0.5, 0.6) is 0 Å². The number of rotatable bonds is 7. The molecule has 7 nitrogen and oxygen atoms in total. The SMILES string of the molecule is CCNc1cc(Nc2ccc(S(=O)N(C)C)cc2)n2ncc(C(C)C)c2n1. The van der Waals surface area contributed by atoms with Gasteiger partial charge in [-0.25, -0.2) is 13.5 Å². The molecular formula is C19H26N6OS. The summed E-state index contributed by atoms with van der Waals surface area (Å²) < 4.78 is 15.7. The minimum atomic E-state index is -1.15. The normalized spacial score (nSPS) is 12.7. The maximum absolute atomic E-state index is 12.2. The number of fused-ring (bicyclic) bond motifs is 1. The third kappa shape index (κ3) is 4.12. The highest BCUT2D eigenvalue weighted by Gasteiger charge is 2.14. The van der Waals surface area contributed by atoms with Crippen molar-refractivity contribution < 1.29 is 4.21 Å². The molecule has 0 fully saturated rings. The first-order valence-corrected chi connectivity index (χ1v) is 10.1. The molecule has 0 aliphatic carbocycles. The summed E-state index contributed by atoms with van der Waals surface area (Å²) in [6.45, 7) is 7.10. The van der Waals surface area contributed by atoms with Crippen LogP contribution in [0.2, 0.25) is 0 Å². The predicted octanol–water partition coefficient (Wildman–Crippen LogP) is 3.61. The standard InChI is InChI=1S/C19H26N6OS/c1-6-20-17-11-18(25-19(23-17)16(12-21-25)13(2)3)22-14-7-9-15(10-8-14)27(26)24(4)5/h7-13,22H,6H2,1-5H3,(H,20,23). The van der Waals surface area contributed by atoms with E-state index >= 15 is 0 Å². The molecule has 2 heterocycles. The van der Waals surface area contributed by atoms with Gasteiger partial charge in [-0.1, -0.05) is 13.8 Å². The molecule has 1 atom stereocenters. The Morgan fingerprint density at radius 1 is 1.22 bits per heavy atom. The topological polar surface area (TPSA) is 74.6 Å². The van der Waals surface area contributed by atoms with E-state index < -0.39 is 11.0 Å². The van der Waals surface area contributed by atoms with Crippen LogP contribution in [0.4, 0.5) is 17.3 Å². The number of nitrogens with zero attached hydrogens (tertiary/aromatic N) is 4. The zero-order chi connectivity index (χ0) is 19.6. The molecule has 1 unspecified atom stereocenters. The van der Waals surface area contributed by atoms with Crippen molar-refractivity contribution in [2.45, 2.75) is 31.6 Å². The van der Waals surface area contributed by atoms with Crippen molar-refractivity contribution in [3.05, 3.63) is 42.1 Å². The molecule has 0 amide bonds. The highest BCUT2D eigenvalue weighted by Crippen LogP contribution is 2.26. The predicted molar refractivity (Wildman–Crippen MR) is 111 cm³/mol. The van der Waals surface area contributed by atoms with Gasteiger partial charge in [-0.3, -0.25) is 0 Å². The van der Waals surface area contributed by atoms with Gasteiger partial charge in [0, 0.05) is 23.9 Å². The molecule has 144 valence electrons. The number of anilines is 3. The molecule has 1 aromatic carbocycles. The largest absolute Gasteiger partial charge is 0.370 e. The van der Waals surface area contributed by atoms with Crippen LogP contribution in [0.25, 0.3) is 5.65 Å². The van der Waals surface area contributed by atoms with Gasteiger partial charge in [-0.15, -0.1) is 0 Å². The summed E-state index contributed by atoms with van der Waals surface area (Å²) in [4.78, 5) is 5.47. The summed E-state index contributed by atoms with van der Waals surface area (Å²) in [6, 6.07) is 9.51. The van der Waals surface area contributed by atoms with E-state index in [1.165, 1.54) is 0 Å². The molecule has 3 rings (SSSR count). The van der Waals surface area contributed by atoms with Crippen molar-refractivity contribution in [1.82, 2.24) is 18.9 Å². The first kappa shape index (κ1) is 19.3. The lowest BCUT2D eigenvalue weighted by Crippen LogP contribution is -2.15. The summed E-state index contributed by atoms with van der Waals surface area (Å²) in [5.41, 5.74) is 2.84. The van der Waals surface area contributed by atoms with Crippen LogP contribution in [-0.2, 0) is 11.0 Å². The van der Waals surface area contributed by atoms with Crippen LogP contribution in [0.1, 0.15) is 32.3 Å². The Labute approximate surface area is 162 Å². The van der Waals surface area contributed by atoms with Crippen molar-refractivity contribution in [1.29, 1.82) is 0 Å². The lowest BCUT2D eigenvalue weighted by molar-refractivity contribution is 0.603. The van der Waals surface area contributed by atoms with Crippen molar-refractivity contribution in [2.75, 3.05) is 31.3 Å². The summed E-state index contributed by atoms with van der Waals surface area (Å²) in [5, 5.41) is 11.2. The van der Waals surface area contributed by atoms with Gasteiger partial charge in [-0.05, 0) is 51.2 Å². The van der Waals surface area contributed by atoms with Gasteiger partial charge >= 0.3 is 0 Å². The quantitative estimate of drug-likeness (QED) is 0.649. The van der Waals surface area contributed by atoms with Gasteiger partial charge < -0.3 is 10.6 Å². The molecule has 0 saturated carbocycles. The Kier molecular flexibility index (Phi) is 5.76. The summed E-state index contributed by atoms with van der Waals surface area (Å²) in [6.07, 6.45) is 1.87. The second kappa shape index (κ2) is 8.06. The Morgan fingerprint density at radius 2 is 1.93 bits per heavy atom. The van der Waals surface area contributed by atoms with E-state index in [2.05, 4.69) is 29.6 Å². The average Bonchev–Trinajstić information content (AvgIpc) is 3.06. The van der Waals surface area contributed by atoms with Crippen LogP contribution in [0.15, 0.2) is 41.4 Å². The van der Waals surface area contributed by atoms with E-state index in [4.69, 9.17) is 4.98 Å². The third-order valence-corrected chi connectivity index (χ3v) is 5.48. The number of nitrogens with one attached hydrogen (secondary N) is 2. The van der Waals surface area contributed by atoms with Crippen LogP contribution in [-0.4, -0.2) is 43.8 Å². The van der Waals surface area contributed by atoms with Crippen LogP contribution in [0, 0.1) is 0 Å². The van der Waals surface area contributed by atoms with E-state index in [-0.39, 0.29) is 0 Å². The maximum Gasteiger partial charge on any atom is 0.163 e. The molecule has 2 aromatic heterocycles. The van der Waals surface area contributed by atoms with Crippen LogP contribution < -0.4 is 10.6 Å². The maximum atomic E-state index is 12.2. The first-order chi connectivity index (χ1) is 12.9. The van der Waals surface area contributed by atoms with E-state index in [9.17, 15) is 4.21 Å². The molecule has 0 spiro atoms. The van der Waals surface area contributed by atoms with Crippen LogP contribution >= 0.6 is 0 Å². The molecule has 2 N–H and O–H groups in total. The van der Waals surface area contributed by atoms with Crippen molar-refractivity contribution in [3.63, 3.8) is 0 Å². The van der Waals surface area contributed by atoms with Gasteiger partial charge in [0.2, 0.25) is 0 Å². The summed E-state index contributed by atoms with van der Waals surface area (Å²) in [5.74, 6) is 1.96. The molecule has 0 aliphatic heterocycles. The molecule has 0 saturated heterocycles.